The van der Waals surface area contributed by atoms with Gasteiger partial charge in [0.1, 0.15) is 5.60 Å². The minimum Gasteiger partial charge on any atom is -0.444 e. The first kappa shape index (κ1) is 14.7. The van der Waals surface area contributed by atoms with Crippen LogP contribution in [0, 0.1) is 0 Å². The molecule has 0 atom stereocenters. The Morgan fingerprint density at radius 2 is 2.05 bits per heavy atom. The number of ether oxygens (including phenoxy) is 1. The number of alkyl carbamates (subject to hydrolysis) is 1. The van der Waals surface area contributed by atoms with Crippen molar-refractivity contribution in [1.29, 1.82) is 0 Å². The Hall–Kier alpha value is -1.72. The van der Waals surface area contributed by atoms with Gasteiger partial charge in [0.05, 0.1) is 11.9 Å². The number of hydrogen-bond acceptors (Lipinski definition) is 5. The maximum absolute atomic E-state index is 11.7. The smallest absolute Gasteiger partial charge is 0.407 e. The van der Waals surface area contributed by atoms with Crippen LogP contribution in [-0.2, 0) is 4.74 Å². The van der Waals surface area contributed by atoms with Gasteiger partial charge in [0.15, 0.2) is 5.76 Å². The summed E-state index contributed by atoms with van der Waals surface area (Å²) in [5.41, 5.74) is 5.97. The number of carbonyl (C=O) groups excluding carboxylic acids is 1. The van der Waals surface area contributed by atoms with E-state index in [1.807, 2.05) is 20.8 Å². The number of carbonyl (C=O) groups is 1. The molecule has 0 radical (unpaired) electrons. The van der Waals surface area contributed by atoms with Crippen molar-refractivity contribution < 1.29 is 14.1 Å². The van der Waals surface area contributed by atoms with Crippen molar-refractivity contribution in [2.45, 2.75) is 64.0 Å². The molecule has 0 bridgehead atoms. The molecule has 0 aromatic carbocycles. The number of hydrogen-bond donors (Lipinski definition) is 2. The zero-order chi connectivity index (χ0) is 14.8. The summed E-state index contributed by atoms with van der Waals surface area (Å²) >= 11 is 0. The van der Waals surface area contributed by atoms with Crippen LogP contribution in [-0.4, -0.2) is 22.9 Å². The molecule has 112 valence electrons. The maximum Gasteiger partial charge on any atom is 0.407 e. The SMILES string of the molecule is CC(C)(C)OC(=O)NC1CCC(c2oncc2N)CC1. The monoisotopic (exact) mass is 281 g/mol. The van der Waals surface area contributed by atoms with E-state index in [1.165, 1.54) is 0 Å². The van der Waals surface area contributed by atoms with Crippen molar-refractivity contribution >= 4 is 11.8 Å². The molecule has 2 rings (SSSR count). The van der Waals surface area contributed by atoms with Crippen LogP contribution >= 0.6 is 0 Å². The maximum atomic E-state index is 11.7. The lowest BCUT2D eigenvalue weighted by atomic mass is 9.84. The lowest BCUT2D eigenvalue weighted by Gasteiger charge is -2.29. The van der Waals surface area contributed by atoms with Gasteiger partial charge in [0, 0.05) is 12.0 Å². The summed E-state index contributed by atoms with van der Waals surface area (Å²) in [5, 5.41) is 6.63. The molecule has 0 saturated heterocycles. The first-order valence-electron chi connectivity index (χ1n) is 7.04. The van der Waals surface area contributed by atoms with Gasteiger partial charge in [-0.25, -0.2) is 4.79 Å². The summed E-state index contributed by atoms with van der Waals surface area (Å²) in [5.74, 6) is 1.08. The molecule has 20 heavy (non-hydrogen) atoms. The zero-order valence-corrected chi connectivity index (χ0v) is 12.3. The van der Waals surface area contributed by atoms with Gasteiger partial charge >= 0.3 is 6.09 Å². The highest BCUT2D eigenvalue weighted by molar-refractivity contribution is 5.68. The van der Waals surface area contributed by atoms with Gasteiger partial charge in [-0.3, -0.25) is 0 Å². The first-order chi connectivity index (χ1) is 9.35. The summed E-state index contributed by atoms with van der Waals surface area (Å²) < 4.78 is 10.5. The minimum absolute atomic E-state index is 0.158. The normalized spacial score (nSPS) is 23.4. The molecule has 0 unspecified atom stereocenters. The van der Waals surface area contributed by atoms with E-state index >= 15 is 0 Å². The van der Waals surface area contributed by atoms with Gasteiger partial charge in [-0.05, 0) is 46.5 Å². The number of anilines is 1. The third-order valence-corrected chi connectivity index (χ3v) is 3.45. The topological polar surface area (TPSA) is 90.4 Å². The molecule has 1 aliphatic carbocycles. The Labute approximate surface area is 119 Å². The van der Waals surface area contributed by atoms with Gasteiger partial charge in [-0.15, -0.1) is 0 Å². The molecule has 3 N–H and O–H groups in total. The number of nitrogens with one attached hydrogen (secondary N) is 1. The molecule has 1 aromatic rings. The molecule has 1 heterocycles. The molecule has 1 aromatic heterocycles. The van der Waals surface area contributed by atoms with Crippen LogP contribution in [0.2, 0.25) is 0 Å². The second-order valence-corrected chi connectivity index (χ2v) is 6.34. The number of rotatable bonds is 2. The van der Waals surface area contributed by atoms with E-state index in [4.69, 9.17) is 15.0 Å². The standard InChI is InChI=1S/C14H23N3O3/c1-14(2,3)19-13(18)17-10-6-4-9(5-7-10)12-11(15)8-16-20-12/h8-10H,4-7,15H2,1-3H3,(H,17,18). The lowest BCUT2D eigenvalue weighted by Crippen LogP contribution is -2.40. The highest BCUT2D eigenvalue weighted by atomic mass is 16.6. The summed E-state index contributed by atoms with van der Waals surface area (Å²) in [6, 6.07) is 0.158. The predicted octanol–water partition coefficient (Wildman–Crippen LogP) is 2.81. The molecule has 6 nitrogen and oxygen atoms in total. The molecule has 6 heteroatoms. The predicted molar refractivity (Wildman–Crippen MR) is 75.3 cm³/mol. The fraction of sp³-hybridized carbons (Fsp3) is 0.714. The van der Waals surface area contributed by atoms with E-state index in [9.17, 15) is 4.79 Å². The third kappa shape index (κ3) is 3.88. The van der Waals surface area contributed by atoms with Gasteiger partial charge in [0.2, 0.25) is 0 Å². The summed E-state index contributed by atoms with van der Waals surface area (Å²) in [6.07, 6.45) is 4.84. The summed E-state index contributed by atoms with van der Waals surface area (Å²) in [6.45, 7) is 5.57. The molecule has 1 fully saturated rings. The van der Waals surface area contributed by atoms with Crippen LogP contribution in [0.3, 0.4) is 0 Å². The number of nitrogens with two attached hydrogens (primary N) is 1. The molecule has 1 aliphatic rings. The van der Waals surface area contributed by atoms with Crippen LogP contribution < -0.4 is 11.1 Å². The van der Waals surface area contributed by atoms with Crippen LogP contribution in [0.15, 0.2) is 10.7 Å². The Bertz CT molecular complexity index is 456. The Morgan fingerprint density at radius 1 is 1.40 bits per heavy atom. The first-order valence-corrected chi connectivity index (χ1v) is 7.04. The lowest BCUT2D eigenvalue weighted by molar-refractivity contribution is 0.0490. The van der Waals surface area contributed by atoms with Gasteiger partial charge in [0.25, 0.3) is 0 Å². The van der Waals surface area contributed by atoms with Crippen molar-refractivity contribution in [3.63, 3.8) is 0 Å². The number of nitrogen functional groups attached to an aromatic ring is 1. The number of aromatic nitrogens is 1. The number of amides is 1. The van der Waals surface area contributed by atoms with Crippen LogP contribution in [0.4, 0.5) is 10.5 Å². The van der Waals surface area contributed by atoms with E-state index in [-0.39, 0.29) is 12.1 Å². The number of nitrogens with zero attached hydrogens (tertiary/aromatic N) is 1. The van der Waals surface area contributed by atoms with E-state index in [1.54, 1.807) is 6.20 Å². The second-order valence-electron chi connectivity index (χ2n) is 6.34. The average Bonchev–Trinajstić information content (AvgIpc) is 2.74. The molecule has 0 aliphatic heterocycles. The van der Waals surface area contributed by atoms with Crippen molar-refractivity contribution in [1.82, 2.24) is 10.5 Å². The van der Waals surface area contributed by atoms with Gasteiger partial charge in [-0.1, -0.05) is 5.16 Å². The van der Waals surface area contributed by atoms with Gasteiger partial charge < -0.3 is 20.3 Å². The highest BCUT2D eigenvalue weighted by Crippen LogP contribution is 2.35. The van der Waals surface area contributed by atoms with Crippen molar-refractivity contribution in [3.8, 4) is 0 Å². The van der Waals surface area contributed by atoms with E-state index < -0.39 is 5.60 Å². The Balaban J connectivity index is 1.80. The highest BCUT2D eigenvalue weighted by Gasteiger charge is 2.28. The Kier molecular flexibility index (Phi) is 4.20. The van der Waals surface area contributed by atoms with Crippen LogP contribution in [0.25, 0.3) is 0 Å². The van der Waals surface area contributed by atoms with Crippen molar-refractivity contribution in [2.75, 3.05) is 5.73 Å². The summed E-state index contributed by atoms with van der Waals surface area (Å²) in [4.78, 5) is 11.7. The van der Waals surface area contributed by atoms with Crippen LogP contribution in [0.1, 0.15) is 58.1 Å². The van der Waals surface area contributed by atoms with Gasteiger partial charge in [-0.2, -0.15) is 0 Å². The van der Waals surface area contributed by atoms with E-state index in [0.29, 0.717) is 11.6 Å². The van der Waals surface area contributed by atoms with E-state index in [0.717, 1.165) is 31.4 Å². The zero-order valence-electron chi connectivity index (χ0n) is 12.3. The van der Waals surface area contributed by atoms with Crippen molar-refractivity contribution in [2.24, 2.45) is 0 Å². The molecular weight excluding hydrogens is 258 g/mol. The average molecular weight is 281 g/mol. The minimum atomic E-state index is -0.463. The fourth-order valence-electron chi connectivity index (χ4n) is 2.54. The quantitative estimate of drug-likeness (QED) is 0.869. The van der Waals surface area contributed by atoms with Crippen LogP contribution in [0.5, 0.6) is 0 Å². The summed E-state index contributed by atoms with van der Waals surface area (Å²) in [7, 11) is 0. The molecule has 1 amide bonds. The third-order valence-electron chi connectivity index (χ3n) is 3.45. The van der Waals surface area contributed by atoms with Crippen molar-refractivity contribution in [3.05, 3.63) is 12.0 Å². The molecule has 1 saturated carbocycles. The largest absolute Gasteiger partial charge is 0.444 e. The van der Waals surface area contributed by atoms with E-state index in [2.05, 4.69) is 10.5 Å². The second kappa shape index (κ2) is 5.73. The Morgan fingerprint density at radius 3 is 2.55 bits per heavy atom. The molecular formula is C14H23N3O3. The fourth-order valence-corrected chi connectivity index (χ4v) is 2.54. The molecule has 0 spiro atoms.